The third kappa shape index (κ3) is 2.64. The Balaban J connectivity index is 2.15. The number of benzene rings is 1. The molecular weight excluding hydrogens is 228 g/mol. The second kappa shape index (κ2) is 5.87. The normalized spacial score (nSPS) is 19.7. The molecule has 0 amide bonds. The second-order valence-electron chi connectivity index (χ2n) is 4.50. The fourth-order valence-corrected chi connectivity index (χ4v) is 2.37. The quantitative estimate of drug-likeness (QED) is 0.826. The first-order valence-electron chi connectivity index (χ1n) is 6.42. The summed E-state index contributed by atoms with van der Waals surface area (Å²) >= 11 is 0. The van der Waals surface area contributed by atoms with Gasteiger partial charge in [-0.3, -0.25) is 0 Å². The van der Waals surface area contributed by atoms with Crippen LogP contribution in [0.3, 0.4) is 0 Å². The van der Waals surface area contributed by atoms with E-state index < -0.39 is 0 Å². The van der Waals surface area contributed by atoms with E-state index in [9.17, 15) is 4.79 Å². The molecule has 1 heterocycles. The highest BCUT2D eigenvalue weighted by atomic mass is 16.5. The molecule has 1 saturated heterocycles. The summed E-state index contributed by atoms with van der Waals surface area (Å²) in [6, 6.07) is 8.19. The Labute approximate surface area is 108 Å². The van der Waals surface area contributed by atoms with Gasteiger partial charge in [0.1, 0.15) is 0 Å². The molecule has 1 atom stereocenters. The van der Waals surface area contributed by atoms with Gasteiger partial charge in [-0.05, 0) is 30.7 Å². The zero-order valence-electron chi connectivity index (χ0n) is 11.0. The number of nitrogens with one attached hydrogen (secondary N) is 1. The SMILES string of the molecule is CC[C@@H]1CNCCN1c1ccc(C(=O)OC)cc1. The van der Waals surface area contributed by atoms with Crippen LogP contribution in [0.1, 0.15) is 23.7 Å². The number of hydrogen-bond acceptors (Lipinski definition) is 4. The van der Waals surface area contributed by atoms with Gasteiger partial charge in [0.2, 0.25) is 0 Å². The fraction of sp³-hybridized carbons (Fsp3) is 0.500. The summed E-state index contributed by atoms with van der Waals surface area (Å²) in [6.45, 7) is 5.24. The highest BCUT2D eigenvalue weighted by Gasteiger charge is 2.20. The Bertz CT molecular complexity index is 403. The van der Waals surface area contributed by atoms with Crippen molar-refractivity contribution in [3.8, 4) is 0 Å². The number of nitrogens with zero attached hydrogens (tertiary/aromatic N) is 1. The predicted octanol–water partition coefficient (Wildman–Crippen LogP) is 1.66. The molecule has 1 fully saturated rings. The third-order valence-corrected chi connectivity index (χ3v) is 3.44. The zero-order chi connectivity index (χ0) is 13.0. The molecule has 1 aromatic rings. The number of hydrogen-bond donors (Lipinski definition) is 1. The molecule has 4 nitrogen and oxygen atoms in total. The van der Waals surface area contributed by atoms with Gasteiger partial charge in [-0.15, -0.1) is 0 Å². The number of carbonyl (C=O) groups is 1. The smallest absolute Gasteiger partial charge is 0.337 e. The molecule has 0 aliphatic carbocycles. The maximum absolute atomic E-state index is 11.4. The minimum atomic E-state index is -0.283. The van der Waals surface area contributed by atoms with Crippen molar-refractivity contribution in [2.24, 2.45) is 0 Å². The van der Waals surface area contributed by atoms with E-state index in [2.05, 4.69) is 17.1 Å². The van der Waals surface area contributed by atoms with Crippen LogP contribution in [0, 0.1) is 0 Å². The van der Waals surface area contributed by atoms with E-state index in [-0.39, 0.29) is 5.97 Å². The summed E-state index contributed by atoms with van der Waals surface area (Å²) in [5, 5.41) is 3.41. The molecule has 0 aromatic heterocycles. The molecule has 1 aromatic carbocycles. The standard InChI is InChI=1S/C14H20N2O2/c1-3-12-10-15-8-9-16(12)13-6-4-11(5-7-13)14(17)18-2/h4-7,12,15H,3,8-10H2,1-2H3/t12-/m1/s1. The first kappa shape index (κ1) is 12.9. The summed E-state index contributed by atoms with van der Waals surface area (Å²) in [4.78, 5) is 13.8. The average molecular weight is 248 g/mol. The summed E-state index contributed by atoms with van der Waals surface area (Å²) in [5.74, 6) is -0.283. The van der Waals surface area contributed by atoms with Gasteiger partial charge in [0.05, 0.1) is 12.7 Å². The Kier molecular flexibility index (Phi) is 4.20. The molecule has 0 radical (unpaired) electrons. The molecule has 4 heteroatoms. The maximum atomic E-state index is 11.4. The molecule has 18 heavy (non-hydrogen) atoms. The molecule has 98 valence electrons. The van der Waals surface area contributed by atoms with Gasteiger partial charge in [-0.2, -0.15) is 0 Å². The largest absolute Gasteiger partial charge is 0.465 e. The van der Waals surface area contributed by atoms with E-state index in [4.69, 9.17) is 4.74 Å². The number of methoxy groups -OCH3 is 1. The van der Waals surface area contributed by atoms with Crippen molar-refractivity contribution in [3.63, 3.8) is 0 Å². The zero-order valence-corrected chi connectivity index (χ0v) is 11.0. The van der Waals surface area contributed by atoms with E-state index in [1.165, 1.54) is 12.8 Å². The molecular formula is C14H20N2O2. The lowest BCUT2D eigenvalue weighted by Crippen LogP contribution is -2.51. The topological polar surface area (TPSA) is 41.6 Å². The maximum Gasteiger partial charge on any atom is 0.337 e. The number of anilines is 1. The van der Waals surface area contributed by atoms with Crippen LogP contribution in [-0.4, -0.2) is 38.8 Å². The van der Waals surface area contributed by atoms with Gasteiger partial charge >= 0.3 is 5.97 Å². The van der Waals surface area contributed by atoms with Crippen LogP contribution >= 0.6 is 0 Å². The van der Waals surface area contributed by atoms with Crippen LogP contribution in [0.5, 0.6) is 0 Å². The van der Waals surface area contributed by atoms with Crippen molar-refractivity contribution in [2.45, 2.75) is 19.4 Å². The number of ether oxygens (including phenoxy) is 1. The lowest BCUT2D eigenvalue weighted by Gasteiger charge is -2.37. The van der Waals surface area contributed by atoms with Gasteiger partial charge < -0.3 is 15.0 Å². The number of rotatable bonds is 3. The van der Waals surface area contributed by atoms with Gasteiger partial charge in [-0.25, -0.2) is 4.79 Å². The Morgan fingerprint density at radius 2 is 2.17 bits per heavy atom. The van der Waals surface area contributed by atoms with Gasteiger partial charge in [0.25, 0.3) is 0 Å². The highest BCUT2D eigenvalue weighted by Crippen LogP contribution is 2.20. The average Bonchev–Trinajstić information content (AvgIpc) is 2.46. The van der Waals surface area contributed by atoms with Gasteiger partial charge in [-0.1, -0.05) is 6.92 Å². The monoisotopic (exact) mass is 248 g/mol. The minimum absolute atomic E-state index is 0.283. The van der Waals surface area contributed by atoms with E-state index in [1.54, 1.807) is 0 Å². The third-order valence-electron chi connectivity index (χ3n) is 3.44. The highest BCUT2D eigenvalue weighted by molar-refractivity contribution is 5.89. The van der Waals surface area contributed by atoms with Crippen molar-refractivity contribution in [3.05, 3.63) is 29.8 Å². The van der Waals surface area contributed by atoms with Crippen molar-refractivity contribution in [1.29, 1.82) is 0 Å². The lowest BCUT2D eigenvalue weighted by molar-refractivity contribution is 0.0601. The number of esters is 1. The Morgan fingerprint density at radius 1 is 1.44 bits per heavy atom. The van der Waals surface area contributed by atoms with Crippen LogP contribution in [0.25, 0.3) is 0 Å². The van der Waals surface area contributed by atoms with Crippen molar-refractivity contribution >= 4 is 11.7 Å². The number of piperazine rings is 1. The Hall–Kier alpha value is -1.55. The summed E-state index contributed by atoms with van der Waals surface area (Å²) in [6.07, 6.45) is 1.12. The van der Waals surface area contributed by atoms with Gasteiger partial charge in [0, 0.05) is 31.4 Å². The molecule has 1 N–H and O–H groups in total. The Morgan fingerprint density at radius 3 is 2.78 bits per heavy atom. The minimum Gasteiger partial charge on any atom is -0.465 e. The molecule has 2 rings (SSSR count). The first-order valence-corrected chi connectivity index (χ1v) is 6.42. The summed E-state index contributed by atoms with van der Waals surface area (Å²) in [5.41, 5.74) is 1.78. The molecule has 1 aliphatic rings. The van der Waals surface area contributed by atoms with E-state index in [0.29, 0.717) is 11.6 Å². The predicted molar refractivity (Wildman–Crippen MR) is 72.1 cm³/mol. The lowest BCUT2D eigenvalue weighted by atomic mass is 10.1. The molecule has 0 bridgehead atoms. The second-order valence-corrected chi connectivity index (χ2v) is 4.50. The number of carbonyl (C=O) groups excluding carboxylic acids is 1. The van der Waals surface area contributed by atoms with Crippen LogP contribution in [0.15, 0.2) is 24.3 Å². The van der Waals surface area contributed by atoms with Crippen molar-refractivity contribution < 1.29 is 9.53 Å². The summed E-state index contributed by atoms with van der Waals surface area (Å²) in [7, 11) is 1.40. The van der Waals surface area contributed by atoms with Crippen molar-refractivity contribution in [2.75, 3.05) is 31.6 Å². The van der Waals surface area contributed by atoms with E-state index in [1.807, 2.05) is 24.3 Å². The van der Waals surface area contributed by atoms with Gasteiger partial charge in [0.15, 0.2) is 0 Å². The fourth-order valence-electron chi connectivity index (χ4n) is 2.37. The van der Waals surface area contributed by atoms with Crippen molar-refractivity contribution in [1.82, 2.24) is 5.32 Å². The van der Waals surface area contributed by atoms with E-state index in [0.717, 1.165) is 26.1 Å². The van der Waals surface area contributed by atoms with Crippen LogP contribution in [-0.2, 0) is 4.74 Å². The van der Waals surface area contributed by atoms with E-state index >= 15 is 0 Å². The molecule has 0 spiro atoms. The summed E-state index contributed by atoms with van der Waals surface area (Å²) < 4.78 is 4.70. The molecule has 0 unspecified atom stereocenters. The molecule has 1 aliphatic heterocycles. The van der Waals surface area contributed by atoms with Crippen LogP contribution in [0.4, 0.5) is 5.69 Å². The van der Waals surface area contributed by atoms with Crippen LogP contribution in [0.2, 0.25) is 0 Å². The van der Waals surface area contributed by atoms with Crippen LogP contribution < -0.4 is 10.2 Å². The molecule has 0 saturated carbocycles. The first-order chi connectivity index (χ1) is 8.76.